The van der Waals surface area contributed by atoms with E-state index in [1.807, 2.05) is 59.8 Å². The molecule has 0 aliphatic heterocycles. The second-order valence-corrected chi connectivity index (χ2v) is 5.65. The van der Waals surface area contributed by atoms with Gasteiger partial charge in [-0.05, 0) is 48.5 Å². The number of rotatable bonds is 5. The van der Waals surface area contributed by atoms with Gasteiger partial charge in [0.2, 0.25) is 11.9 Å². The molecule has 1 aromatic heterocycles. The molecule has 0 spiro atoms. The van der Waals surface area contributed by atoms with Crippen LogP contribution < -0.4 is 14.5 Å². The summed E-state index contributed by atoms with van der Waals surface area (Å²) < 4.78 is 20.2. The fraction of sp³-hybridized carbons (Fsp3) is 0.222. The van der Waals surface area contributed by atoms with Gasteiger partial charge in [0.1, 0.15) is 11.6 Å². The molecule has 1 heterocycles. The van der Waals surface area contributed by atoms with E-state index in [1.165, 1.54) is 12.1 Å². The molecule has 0 atom stereocenters. The van der Waals surface area contributed by atoms with Crippen molar-refractivity contribution in [2.75, 3.05) is 31.0 Å². The molecular formula is C18H20FN5O. The SMILES string of the molecule is COc1ccc(N(C)c2nnc(N(C)c3ccc(F)cc3)n2C)cc1. The minimum Gasteiger partial charge on any atom is -0.497 e. The largest absolute Gasteiger partial charge is 0.497 e. The number of hydrogen-bond donors (Lipinski definition) is 0. The minimum absolute atomic E-state index is 0.268. The smallest absolute Gasteiger partial charge is 0.232 e. The maximum Gasteiger partial charge on any atom is 0.232 e. The van der Waals surface area contributed by atoms with Gasteiger partial charge < -0.3 is 14.5 Å². The summed E-state index contributed by atoms with van der Waals surface area (Å²) in [6.45, 7) is 0. The zero-order valence-electron chi connectivity index (χ0n) is 14.6. The Bertz CT molecular complexity index is 845. The number of halogens is 1. The van der Waals surface area contributed by atoms with Crippen LogP contribution >= 0.6 is 0 Å². The molecule has 130 valence electrons. The molecule has 0 N–H and O–H groups in total. The van der Waals surface area contributed by atoms with E-state index in [2.05, 4.69) is 10.2 Å². The molecule has 2 aromatic carbocycles. The summed E-state index contributed by atoms with van der Waals surface area (Å²) in [5.74, 6) is 1.87. The van der Waals surface area contributed by atoms with Crippen molar-refractivity contribution in [2.45, 2.75) is 0 Å². The van der Waals surface area contributed by atoms with Crippen molar-refractivity contribution in [3.8, 4) is 5.75 Å². The second kappa shape index (κ2) is 6.80. The molecule has 25 heavy (non-hydrogen) atoms. The van der Waals surface area contributed by atoms with Crippen LogP contribution in [0.25, 0.3) is 0 Å². The maximum atomic E-state index is 13.1. The van der Waals surface area contributed by atoms with Crippen molar-refractivity contribution >= 4 is 23.3 Å². The number of nitrogens with zero attached hydrogens (tertiary/aromatic N) is 5. The first-order valence-corrected chi connectivity index (χ1v) is 7.77. The first kappa shape index (κ1) is 16.8. The van der Waals surface area contributed by atoms with Crippen molar-refractivity contribution in [1.82, 2.24) is 14.8 Å². The van der Waals surface area contributed by atoms with Crippen LogP contribution in [0.3, 0.4) is 0 Å². The van der Waals surface area contributed by atoms with Gasteiger partial charge in [0.05, 0.1) is 7.11 Å². The van der Waals surface area contributed by atoms with E-state index in [1.54, 1.807) is 19.2 Å². The predicted molar refractivity (Wildman–Crippen MR) is 96.5 cm³/mol. The van der Waals surface area contributed by atoms with Crippen LogP contribution in [0.4, 0.5) is 27.7 Å². The summed E-state index contributed by atoms with van der Waals surface area (Å²) in [5.41, 5.74) is 1.79. The average Bonchev–Trinajstić information content (AvgIpc) is 3.02. The van der Waals surface area contributed by atoms with Crippen molar-refractivity contribution in [2.24, 2.45) is 7.05 Å². The lowest BCUT2D eigenvalue weighted by molar-refractivity contribution is 0.415. The quantitative estimate of drug-likeness (QED) is 0.711. The summed E-state index contributed by atoms with van der Waals surface area (Å²) in [6.07, 6.45) is 0. The zero-order chi connectivity index (χ0) is 18.0. The molecule has 0 saturated heterocycles. The fourth-order valence-electron chi connectivity index (χ4n) is 2.60. The highest BCUT2D eigenvalue weighted by atomic mass is 19.1. The average molecular weight is 341 g/mol. The van der Waals surface area contributed by atoms with Crippen LogP contribution in [0.5, 0.6) is 5.75 Å². The van der Waals surface area contributed by atoms with Crippen LogP contribution in [-0.4, -0.2) is 36.0 Å². The van der Waals surface area contributed by atoms with Gasteiger partial charge in [0.25, 0.3) is 0 Å². The third-order valence-electron chi connectivity index (χ3n) is 4.10. The number of methoxy groups -OCH3 is 1. The van der Waals surface area contributed by atoms with Crippen molar-refractivity contribution in [1.29, 1.82) is 0 Å². The Balaban J connectivity index is 1.88. The highest BCUT2D eigenvalue weighted by Crippen LogP contribution is 2.28. The van der Waals surface area contributed by atoms with Crippen molar-refractivity contribution in [3.63, 3.8) is 0 Å². The van der Waals surface area contributed by atoms with Gasteiger partial charge in [0.15, 0.2) is 0 Å². The van der Waals surface area contributed by atoms with Gasteiger partial charge in [-0.1, -0.05) is 0 Å². The minimum atomic E-state index is -0.268. The normalized spacial score (nSPS) is 10.6. The number of aromatic nitrogens is 3. The van der Waals surface area contributed by atoms with Crippen LogP contribution in [0.2, 0.25) is 0 Å². The molecule has 0 unspecified atom stereocenters. The lowest BCUT2D eigenvalue weighted by Crippen LogP contribution is -2.18. The van der Waals surface area contributed by atoms with E-state index in [0.717, 1.165) is 17.1 Å². The van der Waals surface area contributed by atoms with Crippen molar-refractivity contribution < 1.29 is 9.13 Å². The van der Waals surface area contributed by atoms with Crippen LogP contribution in [0.15, 0.2) is 48.5 Å². The first-order valence-electron chi connectivity index (χ1n) is 7.77. The molecule has 0 aliphatic rings. The predicted octanol–water partition coefficient (Wildman–Crippen LogP) is 3.50. The number of anilines is 4. The molecule has 0 saturated carbocycles. The Morgan fingerprint density at radius 1 is 0.840 bits per heavy atom. The maximum absolute atomic E-state index is 13.1. The second-order valence-electron chi connectivity index (χ2n) is 5.65. The van der Waals surface area contributed by atoms with E-state index >= 15 is 0 Å². The lowest BCUT2D eigenvalue weighted by Gasteiger charge is -2.21. The summed E-state index contributed by atoms with van der Waals surface area (Å²) in [5, 5.41) is 8.56. The topological polar surface area (TPSA) is 46.4 Å². The lowest BCUT2D eigenvalue weighted by atomic mass is 10.3. The van der Waals surface area contributed by atoms with E-state index in [0.29, 0.717) is 11.9 Å². The highest BCUT2D eigenvalue weighted by Gasteiger charge is 2.17. The van der Waals surface area contributed by atoms with E-state index in [4.69, 9.17) is 4.74 Å². The van der Waals surface area contributed by atoms with Gasteiger partial charge in [-0.2, -0.15) is 0 Å². The van der Waals surface area contributed by atoms with Gasteiger partial charge >= 0.3 is 0 Å². The standard InChI is InChI=1S/C18H20FN5O/c1-22(14-7-5-13(19)6-8-14)17-20-21-18(24(17)3)23(2)15-9-11-16(25-4)12-10-15/h5-12H,1-4H3. The van der Waals surface area contributed by atoms with Gasteiger partial charge in [-0.25, -0.2) is 4.39 Å². The molecule has 0 amide bonds. The van der Waals surface area contributed by atoms with Crippen LogP contribution in [0.1, 0.15) is 0 Å². The highest BCUT2D eigenvalue weighted by molar-refractivity contribution is 5.62. The summed E-state index contributed by atoms with van der Waals surface area (Å²) in [4.78, 5) is 3.80. The zero-order valence-corrected chi connectivity index (χ0v) is 14.6. The summed E-state index contributed by atoms with van der Waals surface area (Å²) in [7, 11) is 7.32. The van der Waals surface area contributed by atoms with Crippen LogP contribution in [-0.2, 0) is 7.05 Å². The van der Waals surface area contributed by atoms with E-state index in [9.17, 15) is 4.39 Å². The molecule has 0 bridgehead atoms. The number of benzene rings is 2. The fourth-order valence-corrected chi connectivity index (χ4v) is 2.60. The van der Waals surface area contributed by atoms with Gasteiger partial charge in [-0.3, -0.25) is 4.57 Å². The summed E-state index contributed by atoms with van der Waals surface area (Å²) in [6, 6.07) is 14.0. The van der Waals surface area contributed by atoms with Crippen molar-refractivity contribution in [3.05, 3.63) is 54.3 Å². The Kier molecular flexibility index (Phi) is 4.56. The monoisotopic (exact) mass is 341 g/mol. The van der Waals surface area contributed by atoms with E-state index in [-0.39, 0.29) is 5.82 Å². The molecule has 3 aromatic rings. The third kappa shape index (κ3) is 3.26. The number of hydrogen-bond acceptors (Lipinski definition) is 5. The number of ether oxygens (including phenoxy) is 1. The molecule has 0 fully saturated rings. The molecular weight excluding hydrogens is 321 g/mol. The molecule has 0 radical (unpaired) electrons. The Hall–Kier alpha value is -3.09. The molecule has 6 nitrogen and oxygen atoms in total. The Morgan fingerprint density at radius 2 is 1.28 bits per heavy atom. The summed E-state index contributed by atoms with van der Waals surface area (Å²) >= 11 is 0. The van der Waals surface area contributed by atoms with E-state index < -0.39 is 0 Å². The first-order chi connectivity index (χ1) is 12.0. The molecule has 3 rings (SSSR count). The van der Waals surface area contributed by atoms with Gasteiger partial charge in [0, 0.05) is 32.5 Å². The molecule has 7 heteroatoms. The van der Waals surface area contributed by atoms with Gasteiger partial charge in [-0.15, -0.1) is 10.2 Å². The Morgan fingerprint density at radius 3 is 1.72 bits per heavy atom. The molecule has 0 aliphatic carbocycles. The Labute approximate surface area is 146 Å². The van der Waals surface area contributed by atoms with Crippen LogP contribution in [0, 0.1) is 5.82 Å². The third-order valence-corrected chi connectivity index (χ3v) is 4.10.